The molecule has 0 unspecified atom stereocenters. The number of nitrogens with one attached hydrogen (secondary N) is 1. The van der Waals surface area contributed by atoms with Crippen molar-refractivity contribution in [3.8, 4) is 11.5 Å². The van der Waals surface area contributed by atoms with Crippen LogP contribution in [0, 0.1) is 0 Å². The summed E-state index contributed by atoms with van der Waals surface area (Å²) in [5.74, 6) is 1.18. The minimum atomic E-state index is -0.258. The summed E-state index contributed by atoms with van der Waals surface area (Å²) in [5, 5.41) is 3.22. The summed E-state index contributed by atoms with van der Waals surface area (Å²) in [7, 11) is 0. The van der Waals surface area contributed by atoms with E-state index >= 15 is 0 Å². The van der Waals surface area contributed by atoms with Crippen LogP contribution in [0.5, 0.6) is 11.5 Å². The Labute approximate surface area is 166 Å². The molecule has 4 nitrogen and oxygen atoms in total. The highest BCUT2D eigenvalue weighted by Gasteiger charge is 2.06. The third kappa shape index (κ3) is 8.35. The molecule has 0 saturated carbocycles. The predicted molar refractivity (Wildman–Crippen MR) is 111 cm³/mol. The molecule has 0 aliphatic carbocycles. The number of hydrogen-bond acceptors (Lipinski definition) is 3. The number of unbranched alkanes of at least 4 members (excludes halogenated alkanes) is 5. The van der Waals surface area contributed by atoms with E-state index in [1.807, 2.05) is 24.3 Å². The van der Waals surface area contributed by atoms with Gasteiger partial charge in [-0.2, -0.15) is 0 Å². The Morgan fingerprint density at radius 3 is 2.22 bits per heavy atom. The van der Waals surface area contributed by atoms with Gasteiger partial charge >= 0.3 is 0 Å². The van der Waals surface area contributed by atoms with Crippen LogP contribution in [0.4, 0.5) is 5.69 Å². The standard InChI is InChI=1S/C22H28ClNO3/c1-2-3-4-5-6-9-16-26-18-12-14-19(15-13-18)27-17-22(25)24-21-11-8-7-10-20(21)23/h7-8,10-15H,2-6,9,16-17H2,1H3,(H,24,25). The van der Waals surface area contributed by atoms with E-state index in [2.05, 4.69) is 12.2 Å². The quantitative estimate of drug-likeness (QED) is 0.446. The molecular formula is C22H28ClNO3. The molecule has 0 fully saturated rings. The Hall–Kier alpha value is -2.20. The summed E-state index contributed by atoms with van der Waals surface area (Å²) in [6.07, 6.45) is 7.46. The summed E-state index contributed by atoms with van der Waals surface area (Å²) < 4.78 is 11.2. The summed E-state index contributed by atoms with van der Waals surface area (Å²) in [6.45, 7) is 2.87. The molecule has 27 heavy (non-hydrogen) atoms. The summed E-state index contributed by atoms with van der Waals surface area (Å²) in [4.78, 5) is 12.0. The molecule has 0 spiro atoms. The van der Waals surface area contributed by atoms with Gasteiger partial charge in [0.25, 0.3) is 5.91 Å². The Balaban J connectivity index is 1.65. The first-order chi connectivity index (χ1) is 13.2. The number of ether oxygens (including phenoxy) is 2. The summed E-state index contributed by atoms with van der Waals surface area (Å²) in [6, 6.07) is 14.4. The number of rotatable bonds is 12. The van der Waals surface area contributed by atoms with Crippen LogP contribution in [0.15, 0.2) is 48.5 Å². The Bertz CT molecular complexity index is 688. The first-order valence-electron chi connectivity index (χ1n) is 9.59. The van der Waals surface area contributed by atoms with E-state index in [4.69, 9.17) is 21.1 Å². The second-order valence-corrected chi connectivity index (χ2v) is 6.81. The second-order valence-electron chi connectivity index (χ2n) is 6.40. The van der Waals surface area contributed by atoms with Crippen molar-refractivity contribution < 1.29 is 14.3 Å². The smallest absolute Gasteiger partial charge is 0.262 e. The van der Waals surface area contributed by atoms with Gasteiger partial charge in [0, 0.05) is 0 Å². The molecule has 2 aromatic rings. The summed E-state index contributed by atoms with van der Waals surface area (Å²) >= 11 is 6.02. The van der Waals surface area contributed by atoms with Crippen LogP contribution in [0.2, 0.25) is 5.02 Å². The van der Waals surface area contributed by atoms with Crippen LogP contribution in [0.1, 0.15) is 45.4 Å². The molecule has 2 rings (SSSR count). The molecule has 0 aliphatic rings. The monoisotopic (exact) mass is 389 g/mol. The maximum absolute atomic E-state index is 12.0. The van der Waals surface area contributed by atoms with Crippen LogP contribution in [-0.2, 0) is 4.79 Å². The fraction of sp³-hybridized carbons (Fsp3) is 0.409. The van der Waals surface area contributed by atoms with E-state index in [1.54, 1.807) is 24.3 Å². The van der Waals surface area contributed by atoms with Crippen LogP contribution >= 0.6 is 11.6 Å². The lowest BCUT2D eigenvalue weighted by Gasteiger charge is -2.10. The molecule has 0 heterocycles. The number of hydrogen-bond donors (Lipinski definition) is 1. The molecular weight excluding hydrogens is 362 g/mol. The summed E-state index contributed by atoms with van der Waals surface area (Å²) in [5.41, 5.74) is 0.575. The normalized spacial score (nSPS) is 10.4. The van der Waals surface area contributed by atoms with Crippen molar-refractivity contribution in [2.45, 2.75) is 45.4 Å². The lowest BCUT2D eigenvalue weighted by atomic mass is 10.1. The van der Waals surface area contributed by atoms with Gasteiger partial charge in [0.1, 0.15) is 11.5 Å². The molecule has 1 N–H and O–H groups in total. The fourth-order valence-electron chi connectivity index (χ4n) is 2.60. The van der Waals surface area contributed by atoms with Gasteiger partial charge in [-0.05, 0) is 42.8 Å². The number of halogens is 1. The third-order valence-electron chi connectivity index (χ3n) is 4.11. The zero-order chi connectivity index (χ0) is 19.3. The fourth-order valence-corrected chi connectivity index (χ4v) is 2.79. The van der Waals surface area contributed by atoms with Crippen molar-refractivity contribution in [3.05, 3.63) is 53.6 Å². The molecule has 0 radical (unpaired) electrons. The third-order valence-corrected chi connectivity index (χ3v) is 4.44. The highest BCUT2D eigenvalue weighted by molar-refractivity contribution is 6.33. The Morgan fingerprint density at radius 1 is 0.889 bits per heavy atom. The number of carbonyl (C=O) groups excluding carboxylic acids is 1. The zero-order valence-electron chi connectivity index (χ0n) is 15.9. The zero-order valence-corrected chi connectivity index (χ0v) is 16.6. The van der Waals surface area contributed by atoms with Crippen LogP contribution in [-0.4, -0.2) is 19.1 Å². The number of anilines is 1. The van der Waals surface area contributed by atoms with E-state index < -0.39 is 0 Å². The topological polar surface area (TPSA) is 47.6 Å². The minimum absolute atomic E-state index is 0.0802. The van der Waals surface area contributed by atoms with Crippen molar-refractivity contribution in [3.63, 3.8) is 0 Å². The van der Waals surface area contributed by atoms with Gasteiger partial charge in [-0.1, -0.05) is 62.8 Å². The van der Waals surface area contributed by atoms with Crippen molar-refractivity contribution >= 4 is 23.2 Å². The molecule has 1 amide bonds. The predicted octanol–water partition coefficient (Wildman–Crippen LogP) is 6.10. The van der Waals surface area contributed by atoms with Gasteiger partial charge in [0.15, 0.2) is 6.61 Å². The van der Waals surface area contributed by atoms with Gasteiger partial charge in [-0.15, -0.1) is 0 Å². The highest BCUT2D eigenvalue weighted by Crippen LogP contribution is 2.21. The van der Waals surface area contributed by atoms with Crippen molar-refractivity contribution in [2.24, 2.45) is 0 Å². The van der Waals surface area contributed by atoms with Crippen molar-refractivity contribution in [1.29, 1.82) is 0 Å². The van der Waals surface area contributed by atoms with E-state index in [0.29, 0.717) is 16.5 Å². The van der Waals surface area contributed by atoms with Gasteiger partial charge in [-0.3, -0.25) is 4.79 Å². The molecule has 146 valence electrons. The van der Waals surface area contributed by atoms with E-state index in [1.165, 1.54) is 32.1 Å². The number of para-hydroxylation sites is 1. The van der Waals surface area contributed by atoms with Gasteiger partial charge in [-0.25, -0.2) is 0 Å². The molecule has 2 aromatic carbocycles. The number of carbonyl (C=O) groups is 1. The number of amides is 1. The van der Waals surface area contributed by atoms with E-state index in [-0.39, 0.29) is 12.5 Å². The first kappa shape index (κ1) is 21.1. The van der Waals surface area contributed by atoms with E-state index in [9.17, 15) is 4.79 Å². The van der Waals surface area contributed by atoms with Gasteiger partial charge in [0.05, 0.1) is 17.3 Å². The molecule has 0 aliphatic heterocycles. The molecule has 5 heteroatoms. The molecule has 0 aromatic heterocycles. The Kier molecular flexibility index (Phi) is 9.56. The van der Waals surface area contributed by atoms with E-state index in [0.717, 1.165) is 18.8 Å². The second kappa shape index (κ2) is 12.2. The lowest BCUT2D eigenvalue weighted by molar-refractivity contribution is -0.118. The van der Waals surface area contributed by atoms with Crippen molar-refractivity contribution in [1.82, 2.24) is 0 Å². The van der Waals surface area contributed by atoms with Crippen LogP contribution in [0.3, 0.4) is 0 Å². The highest BCUT2D eigenvalue weighted by atomic mass is 35.5. The average Bonchev–Trinajstić information content (AvgIpc) is 2.68. The average molecular weight is 390 g/mol. The van der Waals surface area contributed by atoms with Crippen molar-refractivity contribution in [2.75, 3.05) is 18.5 Å². The number of benzene rings is 2. The molecule has 0 atom stereocenters. The van der Waals surface area contributed by atoms with Crippen LogP contribution in [0.25, 0.3) is 0 Å². The SMILES string of the molecule is CCCCCCCCOc1ccc(OCC(=O)Nc2ccccc2Cl)cc1. The molecule has 0 bridgehead atoms. The van der Waals surface area contributed by atoms with Gasteiger partial charge in [0.2, 0.25) is 0 Å². The maximum Gasteiger partial charge on any atom is 0.262 e. The maximum atomic E-state index is 12.0. The lowest BCUT2D eigenvalue weighted by Crippen LogP contribution is -2.20. The minimum Gasteiger partial charge on any atom is -0.494 e. The first-order valence-corrected chi connectivity index (χ1v) is 9.97. The van der Waals surface area contributed by atoms with Crippen LogP contribution < -0.4 is 14.8 Å². The van der Waals surface area contributed by atoms with Gasteiger partial charge < -0.3 is 14.8 Å². The molecule has 0 saturated heterocycles. The largest absolute Gasteiger partial charge is 0.494 e. The Morgan fingerprint density at radius 2 is 1.52 bits per heavy atom.